The first-order chi connectivity index (χ1) is 16.3. The first kappa shape index (κ1) is 21.2. The second kappa shape index (κ2) is 9.52. The fourth-order valence-electron chi connectivity index (χ4n) is 4.58. The van der Waals surface area contributed by atoms with Gasteiger partial charge in [0.05, 0.1) is 38.0 Å². The van der Waals surface area contributed by atoms with Crippen molar-refractivity contribution in [3.8, 4) is 10.4 Å². The van der Waals surface area contributed by atoms with Crippen molar-refractivity contribution in [2.75, 3.05) is 57.4 Å². The number of ether oxygens (including phenoxy) is 1. The van der Waals surface area contributed by atoms with Crippen LogP contribution in [-0.4, -0.2) is 72.3 Å². The summed E-state index contributed by atoms with van der Waals surface area (Å²) in [4.78, 5) is 19.8. The van der Waals surface area contributed by atoms with E-state index in [9.17, 15) is 0 Å². The summed E-state index contributed by atoms with van der Waals surface area (Å²) in [7, 11) is 0. The molecule has 0 aromatic carbocycles. The van der Waals surface area contributed by atoms with Crippen molar-refractivity contribution in [1.82, 2.24) is 19.8 Å². The van der Waals surface area contributed by atoms with Crippen LogP contribution in [0.1, 0.15) is 11.6 Å². The lowest BCUT2D eigenvalue weighted by atomic mass is 10.1. The van der Waals surface area contributed by atoms with Crippen LogP contribution in [0.5, 0.6) is 0 Å². The molecule has 0 aliphatic carbocycles. The molecule has 0 N–H and O–H groups in total. The highest BCUT2D eigenvalue weighted by Gasteiger charge is 2.25. The van der Waals surface area contributed by atoms with Crippen LogP contribution in [0.25, 0.3) is 20.7 Å². The molecule has 0 saturated carbocycles. The second-order valence-corrected chi connectivity index (χ2v) is 10.3. The number of hydrogen-bond acceptors (Lipinski definition) is 9. The van der Waals surface area contributed by atoms with E-state index in [1.165, 1.54) is 15.8 Å². The van der Waals surface area contributed by atoms with E-state index in [0.717, 1.165) is 87.8 Å². The number of nitrogens with zero attached hydrogens (tertiary/aromatic N) is 5. The number of anilines is 1. The highest BCUT2D eigenvalue weighted by molar-refractivity contribution is 7.18. The van der Waals surface area contributed by atoms with Crippen molar-refractivity contribution >= 4 is 38.7 Å². The van der Waals surface area contributed by atoms with Crippen molar-refractivity contribution < 1.29 is 9.15 Å². The van der Waals surface area contributed by atoms with Gasteiger partial charge < -0.3 is 14.1 Å². The van der Waals surface area contributed by atoms with Crippen LogP contribution in [-0.2, 0) is 17.8 Å². The number of thiophene rings is 2. The van der Waals surface area contributed by atoms with Gasteiger partial charge in [0.2, 0.25) is 0 Å². The van der Waals surface area contributed by atoms with Gasteiger partial charge in [0.15, 0.2) is 0 Å². The third-order valence-electron chi connectivity index (χ3n) is 6.35. The molecule has 9 heteroatoms. The highest BCUT2D eigenvalue weighted by Crippen LogP contribution is 2.40. The Morgan fingerprint density at radius 3 is 2.48 bits per heavy atom. The van der Waals surface area contributed by atoms with Crippen molar-refractivity contribution in [3.63, 3.8) is 0 Å². The van der Waals surface area contributed by atoms with E-state index in [2.05, 4.69) is 43.7 Å². The maximum atomic E-state index is 5.55. The Kier molecular flexibility index (Phi) is 6.13. The van der Waals surface area contributed by atoms with Gasteiger partial charge in [0.1, 0.15) is 22.2 Å². The Morgan fingerprint density at radius 1 is 0.879 bits per heavy atom. The van der Waals surface area contributed by atoms with Crippen LogP contribution >= 0.6 is 22.7 Å². The van der Waals surface area contributed by atoms with Crippen molar-refractivity contribution in [3.05, 3.63) is 52.9 Å². The number of furan rings is 1. The topological polar surface area (TPSA) is 57.9 Å². The molecule has 0 bridgehead atoms. The van der Waals surface area contributed by atoms with Gasteiger partial charge >= 0.3 is 0 Å². The highest BCUT2D eigenvalue weighted by atomic mass is 32.1. The van der Waals surface area contributed by atoms with Crippen molar-refractivity contribution in [1.29, 1.82) is 0 Å². The summed E-state index contributed by atoms with van der Waals surface area (Å²) < 4.78 is 11.1. The molecule has 2 fully saturated rings. The smallest absolute Gasteiger partial charge is 0.146 e. The zero-order valence-electron chi connectivity index (χ0n) is 18.5. The van der Waals surface area contributed by atoms with Crippen molar-refractivity contribution in [2.24, 2.45) is 0 Å². The van der Waals surface area contributed by atoms with E-state index in [1.54, 1.807) is 28.9 Å². The van der Waals surface area contributed by atoms with Gasteiger partial charge in [-0.3, -0.25) is 9.80 Å². The molecular formula is C24H27N5O2S2. The van der Waals surface area contributed by atoms with Crippen molar-refractivity contribution in [2.45, 2.75) is 13.1 Å². The lowest BCUT2D eigenvalue weighted by Gasteiger charge is -2.35. The van der Waals surface area contributed by atoms with Gasteiger partial charge in [-0.05, 0) is 23.6 Å². The van der Waals surface area contributed by atoms with E-state index < -0.39 is 0 Å². The summed E-state index contributed by atoms with van der Waals surface area (Å²) in [6.45, 7) is 8.96. The Hall–Kier alpha value is -2.30. The predicted molar refractivity (Wildman–Crippen MR) is 133 cm³/mol. The fourth-order valence-corrected chi connectivity index (χ4v) is 6.35. The average Bonchev–Trinajstić information content (AvgIpc) is 3.62. The van der Waals surface area contributed by atoms with Gasteiger partial charge in [-0.25, -0.2) is 9.97 Å². The molecule has 6 rings (SSSR count). The third kappa shape index (κ3) is 4.56. The SMILES string of the molecule is c1coc(CN2CCN(c3nc(CN4CCOCC4)nc4scc(-c5cccs5)c34)CC2)c1. The molecule has 7 nitrogen and oxygen atoms in total. The molecule has 2 saturated heterocycles. The first-order valence-electron chi connectivity index (χ1n) is 11.5. The molecule has 0 unspecified atom stereocenters. The number of rotatable bonds is 6. The molecule has 33 heavy (non-hydrogen) atoms. The Morgan fingerprint density at radius 2 is 1.73 bits per heavy atom. The number of piperazine rings is 1. The lowest BCUT2D eigenvalue weighted by molar-refractivity contribution is 0.0331. The lowest BCUT2D eigenvalue weighted by Crippen LogP contribution is -2.46. The normalized spacial score (nSPS) is 18.4. The van der Waals surface area contributed by atoms with E-state index in [-0.39, 0.29) is 0 Å². The zero-order valence-corrected chi connectivity index (χ0v) is 20.1. The Labute approximate surface area is 201 Å². The fraction of sp³-hybridized carbons (Fsp3) is 0.417. The predicted octanol–water partition coefficient (Wildman–Crippen LogP) is 4.17. The van der Waals surface area contributed by atoms with Crippen LogP contribution < -0.4 is 4.90 Å². The molecule has 0 radical (unpaired) electrons. The van der Waals surface area contributed by atoms with Crippen LogP contribution in [0, 0.1) is 0 Å². The summed E-state index contributed by atoms with van der Waals surface area (Å²) in [5, 5.41) is 5.59. The molecule has 0 spiro atoms. The van der Waals surface area contributed by atoms with Crippen LogP contribution in [0.2, 0.25) is 0 Å². The van der Waals surface area contributed by atoms with Gasteiger partial charge in [-0.1, -0.05) is 6.07 Å². The summed E-state index contributed by atoms with van der Waals surface area (Å²) in [5.41, 5.74) is 1.26. The number of hydrogen-bond donors (Lipinski definition) is 0. The number of morpholine rings is 1. The van der Waals surface area contributed by atoms with Gasteiger partial charge in [0, 0.05) is 55.1 Å². The third-order valence-corrected chi connectivity index (χ3v) is 8.12. The average molecular weight is 482 g/mol. The maximum absolute atomic E-state index is 5.55. The molecule has 0 amide bonds. The summed E-state index contributed by atoms with van der Waals surface area (Å²) in [6.07, 6.45) is 1.75. The quantitative estimate of drug-likeness (QED) is 0.410. The van der Waals surface area contributed by atoms with E-state index in [0.29, 0.717) is 0 Å². The minimum Gasteiger partial charge on any atom is -0.468 e. The first-order valence-corrected chi connectivity index (χ1v) is 13.2. The Balaban J connectivity index is 1.30. The van der Waals surface area contributed by atoms with Gasteiger partial charge in [-0.2, -0.15) is 0 Å². The molecule has 4 aromatic rings. The second-order valence-electron chi connectivity index (χ2n) is 8.50. The van der Waals surface area contributed by atoms with E-state index in [1.807, 2.05) is 6.07 Å². The molecule has 6 heterocycles. The largest absolute Gasteiger partial charge is 0.468 e. The summed E-state index contributed by atoms with van der Waals surface area (Å²) >= 11 is 3.51. The number of aromatic nitrogens is 2. The van der Waals surface area contributed by atoms with Gasteiger partial charge in [0.25, 0.3) is 0 Å². The summed E-state index contributed by atoms with van der Waals surface area (Å²) in [6, 6.07) is 8.32. The molecule has 2 aliphatic heterocycles. The minimum absolute atomic E-state index is 0.775. The molecule has 172 valence electrons. The number of fused-ring (bicyclic) bond motifs is 1. The Bertz CT molecular complexity index is 1180. The van der Waals surface area contributed by atoms with Crippen LogP contribution in [0.3, 0.4) is 0 Å². The molecular weight excluding hydrogens is 454 g/mol. The monoisotopic (exact) mass is 481 g/mol. The maximum Gasteiger partial charge on any atom is 0.146 e. The minimum atomic E-state index is 0.775. The standard InChI is InChI=1S/C24H27N5O2S2/c1-3-18(31-11-1)15-27-5-7-29(8-6-27)23-22-19(20-4-2-14-32-20)17-33-24(22)26-21(25-23)16-28-9-12-30-13-10-28/h1-4,11,14,17H,5-10,12-13,15-16H2. The van der Waals surface area contributed by atoms with Crippen LogP contribution in [0.4, 0.5) is 5.82 Å². The zero-order chi connectivity index (χ0) is 22.0. The molecule has 4 aromatic heterocycles. The molecule has 2 aliphatic rings. The van der Waals surface area contributed by atoms with E-state index >= 15 is 0 Å². The molecule has 0 atom stereocenters. The van der Waals surface area contributed by atoms with E-state index in [4.69, 9.17) is 19.1 Å². The van der Waals surface area contributed by atoms with Crippen LogP contribution in [0.15, 0.2) is 45.7 Å². The van der Waals surface area contributed by atoms with Gasteiger partial charge in [-0.15, -0.1) is 22.7 Å². The summed E-state index contributed by atoms with van der Waals surface area (Å²) in [5.74, 6) is 3.03.